The minimum atomic E-state index is -0.256. The van der Waals surface area contributed by atoms with Gasteiger partial charge in [-0.25, -0.2) is 4.79 Å². The van der Waals surface area contributed by atoms with Crippen LogP contribution < -0.4 is 10.6 Å². The summed E-state index contributed by atoms with van der Waals surface area (Å²) in [5.74, 6) is 0.520. The third-order valence-electron chi connectivity index (χ3n) is 5.72. The van der Waals surface area contributed by atoms with Crippen LogP contribution in [-0.2, 0) is 0 Å². The Hall–Kier alpha value is -2.24. The van der Waals surface area contributed by atoms with Crippen LogP contribution in [0.3, 0.4) is 0 Å². The topological polar surface area (TPSA) is 75.6 Å². The summed E-state index contributed by atoms with van der Waals surface area (Å²) in [5.41, 5.74) is 7.39. The fourth-order valence-electron chi connectivity index (χ4n) is 4.37. The van der Waals surface area contributed by atoms with Gasteiger partial charge in [-0.1, -0.05) is 25.0 Å². The van der Waals surface area contributed by atoms with Gasteiger partial charge in [0.25, 0.3) is 6.01 Å². The zero-order valence-corrected chi connectivity index (χ0v) is 14.6. The van der Waals surface area contributed by atoms with Crippen molar-refractivity contribution in [3.05, 3.63) is 24.3 Å². The van der Waals surface area contributed by atoms with Crippen molar-refractivity contribution >= 4 is 23.1 Å². The van der Waals surface area contributed by atoms with E-state index in [2.05, 4.69) is 9.88 Å². The van der Waals surface area contributed by atoms with Crippen LogP contribution >= 0.6 is 0 Å². The first kappa shape index (κ1) is 16.2. The quantitative estimate of drug-likeness (QED) is 0.908. The standard InChI is InChI=1S/C19H26N4O2/c20-18(24)23-11-5-1-2-7-16(23)14-9-12-22(13-10-14)19-21-15-6-3-4-8-17(15)25-19/h3-4,6,8,14,16H,1-2,5,7,9-13H2,(H2,20,24)/t16-/m1/s1. The molecule has 0 aliphatic carbocycles. The Labute approximate surface area is 148 Å². The minimum absolute atomic E-state index is 0.256. The number of hydrogen-bond acceptors (Lipinski definition) is 4. The summed E-state index contributed by atoms with van der Waals surface area (Å²) < 4.78 is 5.90. The number of anilines is 1. The molecule has 6 heteroatoms. The first-order valence-corrected chi connectivity index (χ1v) is 9.39. The molecule has 0 saturated carbocycles. The maximum Gasteiger partial charge on any atom is 0.315 e. The van der Waals surface area contributed by atoms with Crippen molar-refractivity contribution in [3.63, 3.8) is 0 Å². The number of oxazole rings is 1. The lowest BCUT2D eigenvalue weighted by molar-refractivity contribution is 0.143. The smallest absolute Gasteiger partial charge is 0.315 e. The molecule has 1 atom stereocenters. The van der Waals surface area contributed by atoms with Crippen molar-refractivity contribution in [1.29, 1.82) is 0 Å². The van der Waals surface area contributed by atoms with Crippen molar-refractivity contribution < 1.29 is 9.21 Å². The monoisotopic (exact) mass is 342 g/mol. The highest BCUT2D eigenvalue weighted by Gasteiger charge is 2.34. The number of rotatable bonds is 2. The lowest BCUT2D eigenvalue weighted by atomic mass is 9.86. The predicted molar refractivity (Wildman–Crippen MR) is 97.5 cm³/mol. The number of nitrogens with two attached hydrogens (primary N) is 1. The van der Waals surface area contributed by atoms with Gasteiger partial charge < -0.3 is 20.0 Å². The highest BCUT2D eigenvalue weighted by atomic mass is 16.4. The molecule has 2 aliphatic heterocycles. The van der Waals surface area contributed by atoms with Gasteiger partial charge in [0, 0.05) is 25.7 Å². The molecular formula is C19H26N4O2. The zero-order valence-electron chi connectivity index (χ0n) is 14.6. The Kier molecular flexibility index (Phi) is 4.51. The molecule has 2 aliphatic rings. The molecule has 2 N–H and O–H groups in total. The summed E-state index contributed by atoms with van der Waals surface area (Å²) in [6.07, 6.45) is 6.64. The lowest BCUT2D eigenvalue weighted by Gasteiger charge is -2.39. The van der Waals surface area contributed by atoms with Gasteiger partial charge in [0.1, 0.15) is 5.52 Å². The van der Waals surface area contributed by atoms with Crippen molar-refractivity contribution in [2.75, 3.05) is 24.5 Å². The van der Waals surface area contributed by atoms with E-state index in [0.29, 0.717) is 18.0 Å². The van der Waals surface area contributed by atoms with E-state index in [-0.39, 0.29) is 6.03 Å². The van der Waals surface area contributed by atoms with Crippen LogP contribution in [0.5, 0.6) is 0 Å². The summed E-state index contributed by atoms with van der Waals surface area (Å²) in [4.78, 5) is 20.6. The second-order valence-electron chi connectivity index (χ2n) is 7.24. The molecule has 2 amide bonds. The van der Waals surface area contributed by atoms with E-state index in [1.54, 1.807) is 0 Å². The van der Waals surface area contributed by atoms with Crippen molar-refractivity contribution in [3.8, 4) is 0 Å². The molecule has 1 aromatic carbocycles. The molecule has 0 spiro atoms. The number of primary amides is 1. The second-order valence-corrected chi connectivity index (χ2v) is 7.24. The van der Waals surface area contributed by atoms with Crippen molar-refractivity contribution in [1.82, 2.24) is 9.88 Å². The number of para-hydroxylation sites is 2. The molecule has 1 aromatic heterocycles. The second kappa shape index (κ2) is 6.94. The number of benzene rings is 1. The number of nitrogens with zero attached hydrogens (tertiary/aromatic N) is 3. The highest BCUT2D eigenvalue weighted by molar-refractivity contribution is 5.74. The highest BCUT2D eigenvalue weighted by Crippen LogP contribution is 2.32. The van der Waals surface area contributed by atoms with Crippen LogP contribution in [0.25, 0.3) is 11.1 Å². The Morgan fingerprint density at radius 3 is 2.64 bits per heavy atom. The van der Waals surface area contributed by atoms with Gasteiger partial charge in [0.2, 0.25) is 0 Å². The summed E-state index contributed by atoms with van der Waals surface area (Å²) in [7, 11) is 0. The van der Waals surface area contributed by atoms with Crippen molar-refractivity contribution in [2.45, 2.75) is 44.6 Å². The SMILES string of the molecule is NC(=O)N1CCCCC[C@@H]1C1CCN(c2nc3ccccc3o2)CC1. The number of hydrogen-bond donors (Lipinski definition) is 1. The number of fused-ring (bicyclic) bond motifs is 1. The number of aromatic nitrogens is 1. The van der Waals surface area contributed by atoms with Gasteiger partial charge >= 0.3 is 6.03 Å². The third-order valence-corrected chi connectivity index (χ3v) is 5.72. The fourth-order valence-corrected chi connectivity index (χ4v) is 4.37. The molecule has 2 saturated heterocycles. The van der Waals surface area contributed by atoms with E-state index in [1.165, 1.54) is 12.8 Å². The van der Waals surface area contributed by atoms with E-state index >= 15 is 0 Å². The first-order valence-electron chi connectivity index (χ1n) is 9.39. The van der Waals surface area contributed by atoms with Crippen LogP contribution in [-0.4, -0.2) is 41.6 Å². The van der Waals surface area contributed by atoms with Crippen molar-refractivity contribution in [2.24, 2.45) is 11.7 Å². The van der Waals surface area contributed by atoms with E-state index in [9.17, 15) is 4.79 Å². The van der Waals surface area contributed by atoms with Crippen LogP contribution in [0.15, 0.2) is 28.7 Å². The van der Waals surface area contributed by atoms with Gasteiger partial charge in [-0.2, -0.15) is 4.98 Å². The van der Waals surface area contributed by atoms with E-state index in [4.69, 9.17) is 10.2 Å². The minimum Gasteiger partial charge on any atom is -0.423 e. The summed E-state index contributed by atoms with van der Waals surface area (Å²) in [6.45, 7) is 2.65. The predicted octanol–water partition coefficient (Wildman–Crippen LogP) is 3.37. The number of urea groups is 1. The Balaban J connectivity index is 1.44. The zero-order chi connectivity index (χ0) is 17.2. The Morgan fingerprint density at radius 1 is 1.08 bits per heavy atom. The Morgan fingerprint density at radius 2 is 1.88 bits per heavy atom. The molecule has 0 unspecified atom stereocenters. The van der Waals surface area contributed by atoms with Gasteiger partial charge in [0.05, 0.1) is 0 Å². The first-order chi connectivity index (χ1) is 12.2. The molecule has 3 heterocycles. The molecular weight excluding hydrogens is 316 g/mol. The summed E-state index contributed by atoms with van der Waals surface area (Å²) in [5, 5.41) is 0. The van der Waals surface area contributed by atoms with Crippen LogP contribution in [0.1, 0.15) is 38.5 Å². The molecule has 4 rings (SSSR count). The van der Waals surface area contributed by atoms with E-state index < -0.39 is 0 Å². The molecule has 25 heavy (non-hydrogen) atoms. The lowest BCUT2D eigenvalue weighted by Crippen LogP contribution is -2.49. The number of piperidine rings is 1. The van der Waals surface area contributed by atoms with Crippen LogP contribution in [0, 0.1) is 5.92 Å². The third kappa shape index (κ3) is 3.30. The van der Waals surface area contributed by atoms with E-state index in [0.717, 1.165) is 56.4 Å². The number of amides is 2. The molecule has 134 valence electrons. The van der Waals surface area contributed by atoms with Gasteiger partial charge in [-0.05, 0) is 43.7 Å². The molecule has 2 aromatic rings. The molecule has 2 fully saturated rings. The molecule has 6 nitrogen and oxygen atoms in total. The Bertz CT molecular complexity index is 703. The number of carbonyl (C=O) groups is 1. The maximum atomic E-state index is 11.9. The number of carbonyl (C=O) groups excluding carboxylic acids is 1. The molecule has 0 bridgehead atoms. The summed E-state index contributed by atoms with van der Waals surface area (Å²) >= 11 is 0. The normalized spacial score (nSPS) is 23.0. The average molecular weight is 342 g/mol. The van der Waals surface area contributed by atoms with Gasteiger partial charge in [-0.3, -0.25) is 0 Å². The molecule has 0 radical (unpaired) electrons. The van der Waals surface area contributed by atoms with Crippen LogP contribution in [0.2, 0.25) is 0 Å². The number of likely N-dealkylation sites (tertiary alicyclic amines) is 1. The van der Waals surface area contributed by atoms with Crippen LogP contribution in [0.4, 0.5) is 10.8 Å². The average Bonchev–Trinajstić information content (AvgIpc) is 2.91. The summed E-state index contributed by atoms with van der Waals surface area (Å²) in [6, 6.07) is 8.63. The van der Waals surface area contributed by atoms with Gasteiger partial charge in [-0.15, -0.1) is 0 Å². The maximum absolute atomic E-state index is 11.9. The van der Waals surface area contributed by atoms with Gasteiger partial charge in [0.15, 0.2) is 5.58 Å². The largest absolute Gasteiger partial charge is 0.423 e. The van der Waals surface area contributed by atoms with E-state index in [1.807, 2.05) is 29.2 Å². The fraction of sp³-hybridized carbons (Fsp3) is 0.579.